The van der Waals surface area contributed by atoms with Crippen LogP contribution in [0.5, 0.6) is 0 Å². The van der Waals surface area contributed by atoms with E-state index in [-0.39, 0.29) is 23.4 Å². The fraction of sp³-hybridized carbons (Fsp3) is 0.923. The van der Waals surface area contributed by atoms with E-state index in [0.717, 1.165) is 6.42 Å². The number of nitrogens with two attached hydrogens (primary N) is 1. The summed E-state index contributed by atoms with van der Waals surface area (Å²) in [7, 11) is 0. The first-order valence-electron chi connectivity index (χ1n) is 6.42. The Morgan fingerprint density at radius 3 is 2.71 bits per heavy atom. The number of morpholine rings is 1. The molecule has 2 N–H and O–H groups in total. The van der Waals surface area contributed by atoms with Crippen molar-refractivity contribution >= 4 is 5.91 Å². The maximum Gasteiger partial charge on any atom is 0.224 e. The minimum absolute atomic E-state index is 0.0439. The smallest absolute Gasteiger partial charge is 0.224 e. The monoisotopic (exact) mass is 242 g/mol. The first-order chi connectivity index (χ1) is 7.79. The second kappa shape index (κ2) is 5.83. The fourth-order valence-corrected chi connectivity index (χ4v) is 2.30. The van der Waals surface area contributed by atoms with Crippen molar-refractivity contribution < 1.29 is 9.53 Å². The normalized spacial score (nSPS) is 23.6. The number of hydrogen-bond donors (Lipinski definition) is 1. The molecule has 0 bridgehead atoms. The molecule has 1 rings (SSSR count). The van der Waals surface area contributed by atoms with Gasteiger partial charge in [-0.05, 0) is 18.8 Å². The zero-order valence-electron chi connectivity index (χ0n) is 11.5. The average Bonchev–Trinajstić information content (AvgIpc) is 2.14. The fourth-order valence-electron chi connectivity index (χ4n) is 2.30. The van der Waals surface area contributed by atoms with Gasteiger partial charge in [0.25, 0.3) is 0 Å². The van der Waals surface area contributed by atoms with Crippen molar-refractivity contribution in [2.24, 2.45) is 11.1 Å². The Bertz CT molecular complexity index is 261. The maximum absolute atomic E-state index is 12.1. The van der Waals surface area contributed by atoms with Crippen molar-refractivity contribution in [1.82, 2.24) is 4.90 Å². The average molecular weight is 242 g/mol. The Morgan fingerprint density at radius 2 is 2.18 bits per heavy atom. The van der Waals surface area contributed by atoms with E-state index in [9.17, 15) is 4.79 Å². The van der Waals surface area contributed by atoms with E-state index in [0.29, 0.717) is 26.2 Å². The van der Waals surface area contributed by atoms with Crippen LogP contribution in [0.25, 0.3) is 0 Å². The molecule has 2 atom stereocenters. The summed E-state index contributed by atoms with van der Waals surface area (Å²) in [6.45, 7) is 10.4. The van der Waals surface area contributed by atoms with Gasteiger partial charge in [0, 0.05) is 19.0 Å². The summed E-state index contributed by atoms with van der Waals surface area (Å²) >= 11 is 0. The van der Waals surface area contributed by atoms with Gasteiger partial charge >= 0.3 is 0 Å². The van der Waals surface area contributed by atoms with Gasteiger partial charge in [0.1, 0.15) is 0 Å². The van der Waals surface area contributed by atoms with Crippen LogP contribution in [0.15, 0.2) is 0 Å². The molecule has 1 saturated heterocycles. The van der Waals surface area contributed by atoms with Crippen LogP contribution in [-0.2, 0) is 9.53 Å². The van der Waals surface area contributed by atoms with Gasteiger partial charge in [-0.25, -0.2) is 0 Å². The summed E-state index contributed by atoms with van der Waals surface area (Å²) in [5.74, 6) is 0.164. The molecule has 100 valence electrons. The quantitative estimate of drug-likeness (QED) is 0.813. The van der Waals surface area contributed by atoms with Crippen molar-refractivity contribution in [1.29, 1.82) is 0 Å². The summed E-state index contributed by atoms with van der Waals surface area (Å²) in [5, 5.41) is 0. The molecule has 1 fully saturated rings. The lowest BCUT2D eigenvalue weighted by Gasteiger charge is -2.34. The molecule has 4 heteroatoms. The number of hydrogen-bond acceptors (Lipinski definition) is 3. The SMILES string of the molecule is CC1COCCN1C(=O)CC(N)CC(C)(C)C. The van der Waals surface area contributed by atoms with Crippen LogP contribution < -0.4 is 5.73 Å². The van der Waals surface area contributed by atoms with Crippen LogP contribution in [0.1, 0.15) is 40.5 Å². The molecule has 0 saturated carbocycles. The number of carbonyl (C=O) groups is 1. The molecule has 0 spiro atoms. The third-order valence-electron chi connectivity index (χ3n) is 3.00. The van der Waals surface area contributed by atoms with Gasteiger partial charge in [-0.15, -0.1) is 0 Å². The summed E-state index contributed by atoms with van der Waals surface area (Å²) in [6, 6.07) is 0.135. The molecule has 1 heterocycles. The standard InChI is InChI=1S/C13H26N2O2/c1-10-9-17-6-5-15(10)12(16)7-11(14)8-13(2,3)4/h10-11H,5-9,14H2,1-4H3. The number of ether oxygens (including phenoxy) is 1. The van der Waals surface area contributed by atoms with Crippen molar-refractivity contribution in [3.05, 3.63) is 0 Å². The molecule has 1 aliphatic heterocycles. The first-order valence-corrected chi connectivity index (χ1v) is 6.42. The maximum atomic E-state index is 12.1. The predicted molar refractivity (Wildman–Crippen MR) is 68.7 cm³/mol. The number of carbonyl (C=O) groups excluding carboxylic acids is 1. The lowest BCUT2D eigenvalue weighted by Crippen LogP contribution is -2.48. The number of amides is 1. The van der Waals surface area contributed by atoms with E-state index in [1.165, 1.54) is 0 Å². The van der Waals surface area contributed by atoms with Gasteiger partial charge in [0.15, 0.2) is 0 Å². The van der Waals surface area contributed by atoms with Crippen LogP contribution >= 0.6 is 0 Å². The molecular weight excluding hydrogens is 216 g/mol. The van der Waals surface area contributed by atoms with Crippen LogP contribution in [-0.4, -0.2) is 42.6 Å². The van der Waals surface area contributed by atoms with Gasteiger partial charge in [-0.2, -0.15) is 0 Å². The summed E-state index contributed by atoms with van der Waals surface area (Å²) in [6.07, 6.45) is 1.32. The molecule has 0 aromatic heterocycles. The van der Waals surface area contributed by atoms with Crippen molar-refractivity contribution in [3.63, 3.8) is 0 Å². The Balaban J connectivity index is 2.42. The molecule has 1 aliphatic rings. The van der Waals surface area contributed by atoms with Gasteiger partial charge in [-0.1, -0.05) is 20.8 Å². The molecule has 4 nitrogen and oxygen atoms in total. The van der Waals surface area contributed by atoms with Crippen molar-refractivity contribution in [2.45, 2.75) is 52.6 Å². The molecule has 0 radical (unpaired) electrons. The molecule has 0 aromatic rings. The van der Waals surface area contributed by atoms with E-state index in [1.807, 2.05) is 11.8 Å². The third-order valence-corrected chi connectivity index (χ3v) is 3.00. The highest BCUT2D eigenvalue weighted by Gasteiger charge is 2.26. The Hall–Kier alpha value is -0.610. The summed E-state index contributed by atoms with van der Waals surface area (Å²) < 4.78 is 5.32. The highest BCUT2D eigenvalue weighted by molar-refractivity contribution is 5.77. The molecule has 0 aliphatic carbocycles. The largest absolute Gasteiger partial charge is 0.377 e. The Labute approximate surface area is 104 Å². The van der Waals surface area contributed by atoms with Crippen molar-refractivity contribution in [3.8, 4) is 0 Å². The topological polar surface area (TPSA) is 55.6 Å². The lowest BCUT2D eigenvalue weighted by atomic mass is 9.87. The molecule has 1 amide bonds. The van der Waals surface area contributed by atoms with Crippen LogP contribution in [0.4, 0.5) is 0 Å². The molecule has 17 heavy (non-hydrogen) atoms. The third kappa shape index (κ3) is 5.04. The van der Waals surface area contributed by atoms with Gasteiger partial charge in [0.05, 0.1) is 19.3 Å². The van der Waals surface area contributed by atoms with E-state index in [1.54, 1.807) is 0 Å². The van der Waals surface area contributed by atoms with E-state index in [2.05, 4.69) is 20.8 Å². The van der Waals surface area contributed by atoms with Gasteiger partial charge in [0.2, 0.25) is 5.91 Å². The lowest BCUT2D eigenvalue weighted by molar-refractivity contribution is -0.139. The highest BCUT2D eigenvalue weighted by atomic mass is 16.5. The van der Waals surface area contributed by atoms with Crippen LogP contribution in [0.3, 0.4) is 0 Å². The second-order valence-electron chi connectivity index (χ2n) is 6.24. The minimum Gasteiger partial charge on any atom is -0.377 e. The van der Waals surface area contributed by atoms with Gasteiger partial charge in [-0.3, -0.25) is 4.79 Å². The highest BCUT2D eigenvalue weighted by Crippen LogP contribution is 2.21. The summed E-state index contributed by atoms with van der Waals surface area (Å²) in [5.41, 5.74) is 6.21. The zero-order valence-corrected chi connectivity index (χ0v) is 11.5. The van der Waals surface area contributed by atoms with E-state index < -0.39 is 0 Å². The predicted octanol–water partition coefficient (Wildman–Crippen LogP) is 1.39. The molecular formula is C13H26N2O2. The number of rotatable bonds is 3. The molecule has 0 aromatic carbocycles. The number of nitrogens with zero attached hydrogens (tertiary/aromatic N) is 1. The Morgan fingerprint density at radius 1 is 1.53 bits per heavy atom. The molecule has 2 unspecified atom stereocenters. The van der Waals surface area contributed by atoms with Crippen LogP contribution in [0, 0.1) is 5.41 Å². The van der Waals surface area contributed by atoms with Crippen LogP contribution in [0.2, 0.25) is 0 Å². The minimum atomic E-state index is -0.0439. The summed E-state index contributed by atoms with van der Waals surface area (Å²) in [4.78, 5) is 14.0. The second-order valence-corrected chi connectivity index (χ2v) is 6.24. The first kappa shape index (κ1) is 14.5. The zero-order chi connectivity index (χ0) is 13.1. The van der Waals surface area contributed by atoms with Crippen molar-refractivity contribution in [2.75, 3.05) is 19.8 Å². The van der Waals surface area contributed by atoms with E-state index in [4.69, 9.17) is 10.5 Å². The van der Waals surface area contributed by atoms with E-state index >= 15 is 0 Å². The Kier molecular flexibility index (Phi) is 4.95. The van der Waals surface area contributed by atoms with Gasteiger partial charge < -0.3 is 15.4 Å².